The Morgan fingerprint density at radius 2 is 1.95 bits per heavy atom. The van der Waals surface area contributed by atoms with Gasteiger partial charge in [-0.3, -0.25) is 4.79 Å². The normalized spacial score (nSPS) is 10.4. The van der Waals surface area contributed by atoms with Gasteiger partial charge in [-0.15, -0.1) is 11.8 Å². The largest absolute Gasteiger partial charge is 0.321 e. The highest BCUT2D eigenvalue weighted by Crippen LogP contribution is 2.28. The second-order valence-electron chi connectivity index (χ2n) is 3.92. The van der Waals surface area contributed by atoms with Crippen molar-refractivity contribution in [1.29, 1.82) is 0 Å². The number of carbonyl (C=O) groups is 1. The van der Waals surface area contributed by atoms with Crippen LogP contribution in [0.1, 0.15) is 10.4 Å². The SMILES string of the molecule is CSc1ccc(Cl)c(C(=O)Nc2ccc(Br)cc2Br)c1. The first-order valence-corrected chi connectivity index (χ1v) is 8.80. The van der Waals surface area contributed by atoms with E-state index in [9.17, 15) is 4.79 Å². The van der Waals surface area contributed by atoms with Gasteiger partial charge in [0, 0.05) is 13.8 Å². The molecular weight excluding hydrogens is 425 g/mol. The molecule has 1 N–H and O–H groups in total. The van der Waals surface area contributed by atoms with E-state index in [1.54, 1.807) is 23.9 Å². The third kappa shape index (κ3) is 3.79. The summed E-state index contributed by atoms with van der Waals surface area (Å²) in [5, 5.41) is 3.28. The monoisotopic (exact) mass is 433 g/mol. The Morgan fingerprint density at radius 3 is 2.60 bits per heavy atom. The van der Waals surface area contributed by atoms with Crippen LogP contribution >= 0.6 is 55.2 Å². The minimum absolute atomic E-state index is 0.228. The molecule has 6 heteroatoms. The molecule has 0 saturated heterocycles. The highest BCUT2D eigenvalue weighted by molar-refractivity contribution is 9.11. The Morgan fingerprint density at radius 1 is 1.20 bits per heavy atom. The molecule has 1 amide bonds. The van der Waals surface area contributed by atoms with E-state index in [-0.39, 0.29) is 5.91 Å². The van der Waals surface area contributed by atoms with Gasteiger partial charge in [0.05, 0.1) is 16.3 Å². The van der Waals surface area contributed by atoms with Gasteiger partial charge < -0.3 is 5.32 Å². The van der Waals surface area contributed by atoms with Crippen LogP contribution in [-0.4, -0.2) is 12.2 Å². The summed E-state index contributed by atoms with van der Waals surface area (Å²) in [7, 11) is 0. The van der Waals surface area contributed by atoms with Gasteiger partial charge in [0.1, 0.15) is 0 Å². The van der Waals surface area contributed by atoms with Crippen molar-refractivity contribution in [3.05, 3.63) is 55.9 Å². The van der Waals surface area contributed by atoms with E-state index in [1.165, 1.54) is 0 Å². The fraction of sp³-hybridized carbons (Fsp3) is 0.0714. The van der Waals surface area contributed by atoms with Crippen LogP contribution in [0.4, 0.5) is 5.69 Å². The average Bonchev–Trinajstić information content (AvgIpc) is 2.42. The van der Waals surface area contributed by atoms with E-state index in [1.807, 2.05) is 30.5 Å². The van der Waals surface area contributed by atoms with Crippen molar-refractivity contribution in [2.24, 2.45) is 0 Å². The first kappa shape index (κ1) is 15.9. The number of amides is 1. The molecule has 0 bridgehead atoms. The van der Waals surface area contributed by atoms with E-state index in [4.69, 9.17) is 11.6 Å². The molecule has 0 aliphatic heterocycles. The predicted octanol–water partition coefficient (Wildman–Crippen LogP) is 5.84. The van der Waals surface area contributed by atoms with Crippen molar-refractivity contribution in [1.82, 2.24) is 0 Å². The molecule has 0 aromatic heterocycles. The number of thioether (sulfide) groups is 1. The van der Waals surface area contributed by atoms with Crippen molar-refractivity contribution in [3.63, 3.8) is 0 Å². The van der Waals surface area contributed by atoms with Crippen molar-refractivity contribution < 1.29 is 4.79 Å². The summed E-state index contributed by atoms with van der Waals surface area (Å²) in [6.45, 7) is 0. The summed E-state index contributed by atoms with van der Waals surface area (Å²) in [5.74, 6) is -0.228. The third-order valence-corrected chi connectivity index (χ3v) is 4.80. The molecule has 0 heterocycles. The summed E-state index contributed by atoms with van der Waals surface area (Å²) < 4.78 is 1.74. The van der Waals surface area contributed by atoms with Gasteiger partial charge in [-0.2, -0.15) is 0 Å². The van der Waals surface area contributed by atoms with Crippen molar-refractivity contribution >= 4 is 66.8 Å². The number of hydrogen-bond donors (Lipinski definition) is 1. The molecule has 0 aliphatic rings. The Balaban J connectivity index is 2.28. The van der Waals surface area contributed by atoms with Gasteiger partial charge in [-0.05, 0) is 58.6 Å². The molecule has 2 nitrogen and oxygen atoms in total. The number of carbonyl (C=O) groups excluding carboxylic acids is 1. The first-order chi connectivity index (χ1) is 9.51. The Bertz CT molecular complexity index is 664. The minimum atomic E-state index is -0.228. The lowest BCUT2D eigenvalue weighted by Crippen LogP contribution is -2.13. The molecule has 2 aromatic carbocycles. The lowest BCUT2D eigenvalue weighted by Gasteiger charge is -2.10. The van der Waals surface area contributed by atoms with Crippen molar-refractivity contribution in [2.75, 3.05) is 11.6 Å². The zero-order chi connectivity index (χ0) is 14.7. The van der Waals surface area contributed by atoms with Crippen LogP contribution in [0.15, 0.2) is 50.2 Å². The Hall–Kier alpha value is -0.490. The van der Waals surface area contributed by atoms with Crippen LogP contribution in [0, 0.1) is 0 Å². The highest BCUT2D eigenvalue weighted by Gasteiger charge is 2.13. The molecule has 0 fully saturated rings. The number of rotatable bonds is 3. The maximum absolute atomic E-state index is 12.3. The zero-order valence-corrected chi connectivity index (χ0v) is 15.2. The molecule has 20 heavy (non-hydrogen) atoms. The smallest absolute Gasteiger partial charge is 0.257 e. The fourth-order valence-corrected chi connectivity index (χ4v) is 3.38. The maximum atomic E-state index is 12.3. The zero-order valence-electron chi connectivity index (χ0n) is 10.4. The van der Waals surface area contributed by atoms with E-state index < -0.39 is 0 Å². The predicted molar refractivity (Wildman–Crippen MR) is 93.0 cm³/mol. The molecule has 0 spiro atoms. The van der Waals surface area contributed by atoms with Gasteiger partial charge in [0.25, 0.3) is 5.91 Å². The Labute approximate surface area is 143 Å². The summed E-state index contributed by atoms with van der Waals surface area (Å²) in [6, 6.07) is 11.0. The van der Waals surface area contributed by atoms with Crippen molar-refractivity contribution in [2.45, 2.75) is 4.90 Å². The second kappa shape index (κ2) is 6.98. The molecule has 0 atom stereocenters. The number of benzene rings is 2. The van der Waals surface area contributed by atoms with E-state index >= 15 is 0 Å². The molecule has 104 valence electrons. The molecule has 0 aliphatic carbocycles. The van der Waals surface area contributed by atoms with Crippen molar-refractivity contribution in [3.8, 4) is 0 Å². The molecule has 0 saturated carbocycles. The van der Waals surface area contributed by atoms with E-state index in [0.29, 0.717) is 16.3 Å². The van der Waals surface area contributed by atoms with Gasteiger partial charge in [0.15, 0.2) is 0 Å². The van der Waals surface area contributed by atoms with Crippen LogP contribution in [-0.2, 0) is 0 Å². The van der Waals surface area contributed by atoms with Crippen LogP contribution in [0.25, 0.3) is 0 Å². The fourth-order valence-electron chi connectivity index (χ4n) is 1.59. The Kier molecular flexibility index (Phi) is 5.55. The van der Waals surface area contributed by atoms with Gasteiger partial charge in [0.2, 0.25) is 0 Å². The average molecular weight is 436 g/mol. The first-order valence-electron chi connectivity index (χ1n) is 5.61. The third-order valence-electron chi connectivity index (χ3n) is 2.60. The number of halogens is 3. The number of nitrogens with one attached hydrogen (secondary N) is 1. The van der Waals surface area contributed by atoms with E-state index in [0.717, 1.165) is 13.8 Å². The van der Waals surface area contributed by atoms with Gasteiger partial charge in [-0.1, -0.05) is 27.5 Å². The minimum Gasteiger partial charge on any atom is -0.321 e. The molecule has 2 rings (SSSR count). The van der Waals surface area contributed by atoms with Gasteiger partial charge >= 0.3 is 0 Å². The van der Waals surface area contributed by atoms with Crippen LogP contribution < -0.4 is 5.32 Å². The van der Waals surface area contributed by atoms with Crippen LogP contribution in [0.5, 0.6) is 0 Å². The number of anilines is 1. The molecule has 0 unspecified atom stereocenters. The lowest BCUT2D eigenvalue weighted by molar-refractivity contribution is 0.102. The standard InChI is InChI=1S/C14H10Br2ClNOS/c1-20-9-3-4-12(17)10(7-9)14(19)18-13-5-2-8(15)6-11(13)16/h2-7H,1H3,(H,18,19). The molecule has 2 aromatic rings. The van der Waals surface area contributed by atoms with E-state index in [2.05, 4.69) is 37.2 Å². The summed E-state index contributed by atoms with van der Waals surface area (Å²) in [6.07, 6.45) is 1.95. The second-order valence-corrected chi connectivity index (χ2v) is 6.98. The van der Waals surface area contributed by atoms with Crippen LogP contribution in [0.2, 0.25) is 5.02 Å². The summed E-state index contributed by atoms with van der Waals surface area (Å²) >= 11 is 14.4. The number of hydrogen-bond acceptors (Lipinski definition) is 2. The lowest BCUT2D eigenvalue weighted by atomic mass is 10.2. The highest BCUT2D eigenvalue weighted by atomic mass is 79.9. The summed E-state index contributed by atoms with van der Waals surface area (Å²) in [4.78, 5) is 13.3. The topological polar surface area (TPSA) is 29.1 Å². The molecule has 0 radical (unpaired) electrons. The summed E-state index contributed by atoms with van der Waals surface area (Å²) in [5.41, 5.74) is 1.16. The van der Waals surface area contributed by atoms with Crippen LogP contribution in [0.3, 0.4) is 0 Å². The molecular formula is C14H10Br2ClNOS. The maximum Gasteiger partial charge on any atom is 0.257 e. The quantitative estimate of drug-likeness (QED) is 0.614. The van der Waals surface area contributed by atoms with Gasteiger partial charge in [-0.25, -0.2) is 0 Å².